The molecule has 302 valence electrons. The summed E-state index contributed by atoms with van der Waals surface area (Å²) in [5, 5.41) is 18.4. The quantitative estimate of drug-likeness (QED) is 0.168. The van der Waals surface area contributed by atoms with Gasteiger partial charge < -0.3 is 13.7 Å². The van der Waals surface area contributed by atoms with E-state index < -0.39 is 0 Å². The third-order valence-electron chi connectivity index (χ3n) is 13.2. The summed E-state index contributed by atoms with van der Waals surface area (Å²) >= 11 is 0. The van der Waals surface area contributed by atoms with Gasteiger partial charge in [0.15, 0.2) is 0 Å². The van der Waals surface area contributed by atoms with Crippen molar-refractivity contribution in [3.05, 3.63) is 230 Å². The first kappa shape index (κ1) is 36.7. The molecule has 0 bridgehead atoms. The summed E-state index contributed by atoms with van der Waals surface area (Å²) in [5.74, 6) is 0. The minimum atomic E-state index is 0.587. The number of para-hydroxylation sites is 3. The molecule has 0 atom stereocenters. The maximum Gasteiger partial charge on any atom is 0.104 e. The maximum absolute atomic E-state index is 11.6. The predicted molar refractivity (Wildman–Crippen MR) is 268 cm³/mol. The van der Waals surface area contributed by atoms with E-state index in [0.29, 0.717) is 5.56 Å². The molecular formula is C60H37N5. The van der Waals surface area contributed by atoms with E-state index in [2.05, 4.69) is 237 Å². The van der Waals surface area contributed by atoms with Crippen molar-refractivity contribution in [1.82, 2.24) is 18.7 Å². The van der Waals surface area contributed by atoms with Crippen LogP contribution in [0, 0.1) is 11.3 Å². The zero-order valence-electron chi connectivity index (χ0n) is 35.1. The zero-order chi connectivity index (χ0) is 43.0. The molecule has 13 aromatic rings. The topological polar surface area (TPSA) is 51.5 Å². The number of aromatic nitrogens is 4. The lowest BCUT2D eigenvalue weighted by Crippen LogP contribution is -2.05. The van der Waals surface area contributed by atoms with E-state index in [-0.39, 0.29) is 0 Å². The highest BCUT2D eigenvalue weighted by atomic mass is 15.0. The fourth-order valence-electron chi connectivity index (χ4n) is 10.2. The third-order valence-corrected chi connectivity index (χ3v) is 13.2. The lowest BCUT2D eigenvalue weighted by atomic mass is 9.99. The molecule has 0 aliphatic heterocycles. The zero-order valence-corrected chi connectivity index (χ0v) is 35.1. The molecule has 13 rings (SSSR count). The van der Waals surface area contributed by atoms with Crippen molar-refractivity contribution in [2.75, 3.05) is 0 Å². The summed E-state index contributed by atoms with van der Waals surface area (Å²) in [7, 11) is 0. The van der Waals surface area contributed by atoms with Crippen LogP contribution in [0.15, 0.2) is 225 Å². The van der Waals surface area contributed by atoms with Crippen LogP contribution >= 0.6 is 0 Å². The van der Waals surface area contributed by atoms with Crippen LogP contribution in [0.5, 0.6) is 0 Å². The Hall–Kier alpha value is -8.98. The van der Waals surface area contributed by atoms with E-state index in [0.717, 1.165) is 116 Å². The van der Waals surface area contributed by atoms with Gasteiger partial charge in [-0.3, -0.25) is 4.98 Å². The fourth-order valence-corrected chi connectivity index (χ4v) is 10.2. The van der Waals surface area contributed by atoms with E-state index in [4.69, 9.17) is 0 Å². The number of nitriles is 1. The standard InChI is InChI=1S/C60H37N5/c61-37-51-59(64-54-24-11-7-20-46(54)49-33-42(26-28-56(49)64)39-14-3-1-4-15-39)35-44(41-18-13-19-45(32-41)63-53-23-10-9-22-48(53)52-38-62-31-30-58(52)63)36-60(51)65-55-25-12-8-21-47(55)50-34-43(27-29-57(50)65)40-16-5-2-6-17-40/h1-36,38H. The summed E-state index contributed by atoms with van der Waals surface area (Å²) in [6.07, 6.45) is 3.82. The predicted octanol–water partition coefficient (Wildman–Crippen LogP) is 15.2. The molecule has 0 unspecified atom stereocenters. The van der Waals surface area contributed by atoms with Gasteiger partial charge in [-0.25, -0.2) is 0 Å². The van der Waals surface area contributed by atoms with Gasteiger partial charge in [0, 0.05) is 50.4 Å². The van der Waals surface area contributed by atoms with Crippen molar-refractivity contribution in [3.63, 3.8) is 0 Å². The Morgan fingerprint density at radius 2 is 0.769 bits per heavy atom. The number of hydrogen-bond acceptors (Lipinski definition) is 2. The van der Waals surface area contributed by atoms with Crippen LogP contribution in [0.25, 0.3) is 116 Å². The van der Waals surface area contributed by atoms with Gasteiger partial charge in [0.2, 0.25) is 0 Å². The normalized spacial score (nSPS) is 11.7. The van der Waals surface area contributed by atoms with Crippen LogP contribution in [0.2, 0.25) is 0 Å². The number of pyridine rings is 1. The molecule has 0 aliphatic carbocycles. The van der Waals surface area contributed by atoms with Gasteiger partial charge in [-0.2, -0.15) is 5.26 Å². The van der Waals surface area contributed by atoms with Crippen molar-refractivity contribution in [2.45, 2.75) is 0 Å². The van der Waals surface area contributed by atoms with Gasteiger partial charge in [0.05, 0.1) is 44.5 Å². The Labute approximate surface area is 374 Å². The first-order valence-electron chi connectivity index (χ1n) is 21.9. The lowest BCUT2D eigenvalue weighted by molar-refractivity contribution is 1.12. The van der Waals surface area contributed by atoms with Crippen LogP contribution < -0.4 is 0 Å². The van der Waals surface area contributed by atoms with Gasteiger partial charge in [-0.1, -0.05) is 140 Å². The molecule has 5 heteroatoms. The van der Waals surface area contributed by atoms with Gasteiger partial charge in [0.1, 0.15) is 11.6 Å². The van der Waals surface area contributed by atoms with E-state index in [1.807, 2.05) is 12.4 Å². The molecule has 0 saturated carbocycles. The highest BCUT2D eigenvalue weighted by Crippen LogP contribution is 2.42. The van der Waals surface area contributed by atoms with E-state index in [1.165, 1.54) is 0 Å². The van der Waals surface area contributed by atoms with Gasteiger partial charge in [-0.05, 0) is 106 Å². The number of fused-ring (bicyclic) bond motifs is 9. The molecule has 0 radical (unpaired) electrons. The number of nitrogens with zero attached hydrogens (tertiary/aromatic N) is 5. The Bertz CT molecular complexity index is 3840. The number of benzene rings is 9. The van der Waals surface area contributed by atoms with E-state index >= 15 is 0 Å². The molecular weight excluding hydrogens is 791 g/mol. The Morgan fingerprint density at radius 1 is 0.323 bits per heavy atom. The second-order valence-electron chi connectivity index (χ2n) is 16.7. The molecule has 0 aliphatic rings. The highest BCUT2D eigenvalue weighted by Gasteiger charge is 2.23. The summed E-state index contributed by atoms with van der Waals surface area (Å²) in [6, 6.07) is 78.2. The van der Waals surface area contributed by atoms with Crippen LogP contribution in [0.4, 0.5) is 0 Å². The Balaban J connectivity index is 1.12. The SMILES string of the molecule is N#Cc1c(-n2c3ccccc3c3cc(-c4ccccc4)ccc32)cc(-c2cccc(-n3c4ccccc4c4cnccc43)c2)cc1-n1c2ccccc2c2cc(-c3ccccc3)ccc21. The number of rotatable bonds is 6. The summed E-state index contributed by atoms with van der Waals surface area (Å²) in [5.41, 5.74) is 16.3. The monoisotopic (exact) mass is 827 g/mol. The van der Waals surface area contributed by atoms with Crippen LogP contribution in [-0.2, 0) is 0 Å². The Kier molecular flexibility index (Phi) is 8.21. The van der Waals surface area contributed by atoms with Crippen LogP contribution in [0.1, 0.15) is 5.56 Å². The van der Waals surface area contributed by atoms with Gasteiger partial charge in [-0.15, -0.1) is 0 Å². The minimum Gasteiger partial charge on any atom is -0.309 e. The molecule has 9 aromatic carbocycles. The molecule has 0 spiro atoms. The van der Waals surface area contributed by atoms with Crippen molar-refractivity contribution >= 4 is 65.4 Å². The smallest absolute Gasteiger partial charge is 0.104 e. The fraction of sp³-hybridized carbons (Fsp3) is 0. The second kappa shape index (κ2) is 14.6. The van der Waals surface area contributed by atoms with Crippen LogP contribution in [-0.4, -0.2) is 18.7 Å². The van der Waals surface area contributed by atoms with Gasteiger partial charge >= 0.3 is 0 Å². The largest absolute Gasteiger partial charge is 0.309 e. The van der Waals surface area contributed by atoms with E-state index in [1.54, 1.807) is 0 Å². The molecule has 0 saturated heterocycles. The molecule has 4 aromatic heterocycles. The molecule has 0 fully saturated rings. The summed E-state index contributed by atoms with van der Waals surface area (Å²) in [6.45, 7) is 0. The van der Waals surface area contributed by atoms with Crippen molar-refractivity contribution in [1.29, 1.82) is 5.26 Å². The van der Waals surface area contributed by atoms with Crippen molar-refractivity contribution in [2.24, 2.45) is 0 Å². The van der Waals surface area contributed by atoms with Gasteiger partial charge in [0.25, 0.3) is 0 Å². The van der Waals surface area contributed by atoms with Crippen LogP contribution in [0.3, 0.4) is 0 Å². The second-order valence-corrected chi connectivity index (χ2v) is 16.7. The molecule has 0 N–H and O–H groups in total. The maximum atomic E-state index is 11.6. The summed E-state index contributed by atoms with van der Waals surface area (Å²) in [4.78, 5) is 4.50. The first-order chi connectivity index (χ1) is 32.2. The first-order valence-corrected chi connectivity index (χ1v) is 21.9. The van der Waals surface area contributed by atoms with E-state index in [9.17, 15) is 5.26 Å². The third kappa shape index (κ3) is 5.68. The average molecular weight is 828 g/mol. The molecule has 0 amide bonds. The molecule has 4 heterocycles. The lowest BCUT2D eigenvalue weighted by Gasteiger charge is -2.19. The summed E-state index contributed by atoms with van der Waals surface area (Å²) < 4.78 is 6.93. The average Bonchev–Trinajstić information content (AvgIpc) is 4.02. The number of hydrogen-bond donors (Lipinski definition) is 0. The Morgan fingerprint density at radius 3 is 1.32 bits per heavy atom. The minimum absolute atomic E-state index is 0.587. The van der Waals surface area contributed by atoms with Crippen molar-refractivity contribution in [3.8, 4) is 56.5 Å². The highest BCUT2D eigenvalue weighted by molar-refractivity contribution is 6.13. The molecule has 65 heavy (non-hydrogen) atoms. The van der Waals surface area contributed by atoms with Crippen molar-refractivity contribution < 1.29 is 0 Å². The molecule has 5 nitrogen and oxygen atoms in total.